The molecular formula is C22H21NO3. The molecule has 4 nitrogen and oxygen atoms in total. The van der Waals surface area contributed by atoms with Gasteiger partial charge in [0.1, 0.15) is 6.61 Å². The molecular weight excluding hydrogens is 326 g/mol. The predicted octanol–water partition coefficient (Wildman–Crippen LogP) is 4.79. The van der Waals surface area contributed by atoms with Crippen LogP contribution in [0.1, 0.15) is 29.8 Å². The third-order valence-corrected chi connectivity index (χ3v) is 4.07. The minimum Gasteiger partial charge on any atom is -0.457 e. The van der Waals surface area contributed by atoms with Gasteiger partial charge < -0.3 is 10.1 Å². The number of rotatable bonds is 5. The van der Waals surface area contributed by atoms with Crippen LogP contribution in [0.3, 0.4) is 0 Å². The molecule has 26 heavy (non-hydrogen) atoms. The van der Waals surface area contributed by atoms with Gasteiger partial charge in [-0.15, -0.1) is 0 Å². The molecule has 0 aliphatic carbocycles. The molecule has 0 unspecified atom stereocenters. The van der Waals surface area contributed by atoms with Crippen molar-refractivity contribution in [2.45, 2.75) is 20.5 Å². The third-order valence-electron chi connectivity index (χ3n) is 4.07. The van der Waals surface area contributed by atoms with Crippen LogP contribution < -0.4 is 5.32 Å². The van der Waals surface area contributed by atoms with Crippen LogP contribution in [-0.2, 0) is 16.1 Å². The first-order valence-corrected chi connectivity index (χ1v) is 8.58. The summed E-state index contributed by atoms with van der Waals surface area (Å²) in [7, 11) is 0. The zero-order chi connectivity index (χ0) is 18.5. The summed E-state index contributed by atoms with van der Waals surface area (Å²) < 4.78 is 5.42. The molecule has 3 aromatic rings. The highest BCUT2D eigenvalue weighted by Crippen LogP contribution is 2.17. The van der Waals surface area contributed by atoms with Gasteiger partial charge in [-0.3, -0.25) is 4.79 Å². The maximum absolute atomic E-state index is 12.3. The Hall–Kier alpha value is -3.14. The number of nitrogens with one attached hydrogen (secondary N) is 1. The predicted molar refractivity (Wildman–Crippen MR) is 103 cm³/mol. The molecule has 0 atom stereocenters. The summed E-state index contributed by atoms with van der Waals surface area (Å²) >= 11 is 0. The van der Waals surface area contributed by atoms with E-state index in [9.17, 15) is 9.59 Å². The first-order valence-electron chi connectivity index (χ1n) is 8.58. The van der Waals surface area contributed by atoms with E-state index in [1.54, 1.807) is 24.3 Å². The Kier molecular flexibility index (Phi) is 5.32. The third kappa shape index (κ3) is 4.28. The van der Waals surface area contributed by atoms with E-state index in [0.29, 0.717) is 11.3 Å². The lowest BCUT2D eigenvalue weighted by Gasteiger charge is -2.10. The lowest BCUT2D eigenvalue weighted by atomic mass is 10.1. The molecule has 0 aliphatic rings. The Morgan fingerprint density at radius 2 is 1.69 bits per heavy atom. The number of benzene rings is 3. The molecule has 1 amide bonds. The van der Waals surface area contributed by atoms with Crippen LogP contribution in [-0.4, -0.2) is 11.9 Å². The lowest BCUT2D eigenvalue weighted by Crippen LogP contribution is -2.18. The number of esters is 1. The van der Waals surface area contributed by atoms with Gasteiger partial charge in [0, 0.05) is 11.6 Å². The summed E-state index contributed by atoms with van der Waals surface area (Å²) in [5.74, 6) is -0.635. The molecule has 0 aromatic heterocycles. The number of carbonyl (C=O) groups is 2. The molecule has 0 bridgehead atoms. The van der Waals surface area contributed by atoms with Crippen molar-refractivity contribution in [3.8, 4) is 0 Å². The highest BCUT2D eigenvalue weighted by atomic mass is 16.5. The summed E-state index contributed by atoms with van der Waals surface area (Å²) in [6.07, 6.45) is 0. The van der Waals surface area contributed by atoms with Crippen LogP contribution in [0, 0.1) is 5.92 Å². The van der Waals surface area contributed by atoms with Crippen molar-refractivity contribution in [3.05, 3.63) is 77.9 Å². The fourth-order valence-electron chi connectivity index (χ4n) is 2.57. The average Bonchev–Trinajstić information content (AvgIpc) is 2.66. The Bertz CT molecular complexity index is 947. The molecule has 4 heteroatoms. The van der Waals surface area contributed by atoms with E-state index in [1.165, 1.54) is 0 Å². The Balaban J connectivity index is 1.66. The zero-order valence-corrected chi connectivity index (χ0v) is 14.9. The average molecular weight is 347 g/mol. The highest BCUT2D eigenvalue weighted by molar-refractivity contribution is 5.95. The van der Waals surface area contributed by atoms with Crippen LogP contribution in [0.2, 0.25) is 0 Å². The van der Waals surface area contributed by atoms with Gasteiger partial charge in [0.2, 0.25) is 5.91 Å². The quantitative estimate of drug-likeness (QED) is 0.675. The molecule has 0 radical (unpaired) electrons. The van der Waals surface area contributed by atoms with E-state index in [4.69, 9.17) is 4.74 Å². The van der Waals surface area contributed by atoms with Crippen LogP contribution in [0.5, 0.6) is 0 Å². The topological polar surface area (TPSA) is 55.4 Å². The van der Waals surface area contributed by atoms with Crippen LogP contribution in [0.25, 0.3) is 10.8 Å². The van der Waals surface area contributed by atoms with E-state index < -0.39 is 5.97 Å². The number of ether oxygens (including phenoxy) is 1. The van der Waals surface area contributed by atoms with Gasteiger partial charge in [0.25, 0.3) is 0 Å². The van der Waals surface area contributed by atoms with Crippen molar-refractivity contribution in [2.75, 3.05) is 5.32 Å². The van der Waals surface area contributed by atoms with E-state index >= 15 is 0 Å². The van der Waals surface area contributed by atoms with Gasteiger partial charge in [-0.1, -0.05) is 56.3 Å². The monoisotopic (exact) mass is 347 g/mol. The van der Waals surface area contributed by atoms with Gasteiger partial charge in [0.15, 0.2) is 0 Å². The van der Waals surface area contributed by atoms with Gasteiger partial charge in [-0.2, -0.15) is 0 Å². The Labute approximate surface area is 152 Å². The molecule has 0 saturated carbocycles. The number of amides is 1. The highest BCUT2D eigenvalue weighted by Gasteiger charge is 2.11. The van der Waals surface area contributed by atoms with E-state index in [0.717, 1.165) is 16.3 Å². The van der Waals surface area contributed by atoms with Gasteiger partial charge in [0.05, 0.1) is 5.56 Å². The Morgan fingerprint density at radius 1 is 0.923 bits per heavy atom. The van der Waals surface area contributed by atoms with Crippen molar-refractivity contribution in [1.29, 1.82) is 0 Å². The maximum atomic E-state index is 12.3. The minimum atomic E-state index is -0.418. The molecule has 0 fully saturated rings. The molecule has 1 N–H and O–H groups in total. The summed E-state index contributed by atoms with van der Waals surface area (Å²) in [5, 5.41) is 5.04. The van der Waals surface area contributed by atoms with Gasteiger partial charge in [-0.05, 0) is 40.6 Å². The van der Waals surface area contributed by atoms with Crippen LogP contribution in [0.15, 0.2) is 66.7 Å². The molecule has 0 spiro atoms. The van der Waals surface area contributed by atoms with Crippen LogP contribution >= 0.6 is 0 Å². The molecule has 3 rings (SSSR count). The van der Waals surface area contributed by atoms with E-state index in [-0.39, 0.29) is 18.4 Å². The van der Waals surface area contributed by atoms with E-state index in [1.807, 2.05) is 56.3 Å². The number of anilines is 1. The fourth-order valence-corrected chi connectivity index (χ4v) is 2.57. The van der Waals surface area contributed by atoms with E-state index in [2.05, 4.69) is 5.32 Å². The fraction of sp³-hybridized carbons (Fsp3) is 0.182. The van der Waals surface area contributed by atoms with Crippen molar-refractivity contribution < 1.29 is 14.3 Å². The van der Waals surface area contributed by atoms with Gasteiger partial charge >= 0.3 is 5.97 Å². The molecule has 132 valence electrons. The second-order valence-corrected chi connectivity index (χ2v) is 6.48. The largest absolute Gasteiger partial charge is 0.457 e. The first kappa shape index (κ1) is 17.7. The second kappa shape index (κ2) is 7.83. The summed E-state index contributed by atoms with van der Waals surface area (Å²) in [4.78, 5) is 24.1. The second-order valence-electron chi connectivity index (χ2n) is 6.48. The standard InChI is InChI=1S/C22H21NO3/c1-15(2)21(24)23-20-9-5-8-19(13-20)22(25)26-14-16-10-11-17-6-3-4-7-18(17)12-16/h3-13,15H,14H2,1-2H3,(H,23,24). The van der Waals surface area contributed by atoms with Crippen molar-refractivity contribution in [3.63, 3.8) is 0 Å². The number of hydrogen-bond donors (Lipinski definition) is 1. The first-order chi connectivity index (χ1) is 12.5. The van der Waals surface area contributed by atoms with Crippen molar-refractivity contribution in [1.82, 2.24) is 0 Å². The molecule has 0 saturated heterocycles. The summed E-state index contributed by atoms with van der Waals surface area (Å²) in [6, 6.07) is 20.8. The molecule has 0 aliphatic heterocycles. The normalized spacial score (nSPS) is 10.7. The summed E-state index contributed by atoms with van der Waals surface area (Å²) in [6.45, 7) is 3.83. The lowest BCUT2D eigenvalue weighted by molar-refractivity contribution is -0.118. The number of fused-ring (bicyclic) bond motifs is 1. The van der Waals surface area contributed by atoms with Crippen molar-refractivity contribution >= 4 is 28.3 Å². The SMILES string of the molecule is CC(C)C(=O)Nc1cccc(C(=O)OCc2ccc3ccccc3c2)c1. The van der Waals surface area contributed by atoms with Crippen LogP contribution in [0.4, 0.5) is 5.69 Å². The molecule has 0 heterocycles. The maximum Gasteiger partial charge on any atom is 0.338 e. The Morgan fingerprint density at radius 3 is 2.46 bits per heavy atom. The number of carbonyl (C=O) groups excluding carboxylic acids is 2. The smallest absolute Gasteiger partial charge is 0.338 e. The minimum absolute atomic E-state index is 0.0910. The zero-order valence-electron chi connectivity index (χ0n) is 14.9. The number of hydrogen-bond acceptors (Lipinski definition) is 3. The summed E-state index contributed by atoms with van der Waals surface area (Å²) in [5.41, 5.74) is 1.93. The van der Waals surface area contributed by atoms with Gasteiger partial charge in [-0.25, -0.2) is 4.79 Å². The van der Waals surface area contributed by atoms with Crippen molar-refractivity contribution in [2.24, 2.45) is 5.92 Å². The molecule has 3 aromatic carbocycles.